The maximum atomic E-state index is 13.4. The van der Waals surface area contributed by atoms with Crippen LogP contribution in [0.4, 0.5) is 18.9 Å². The minimum atomic E-state index is -4.79. The number of aryl methyl sites for hydroxylation is 1. The van der Waals surface area contributed by atoms with E-state index in [1.807, 2.05) is 0 Å². The quantitative estimate of drug-likeness (QED) is 0.541. The molecule has 7 nitrogen and oxygen atoms in total. The summed E-state index contributed by atoms with van der Waals surface area (Å²) in [6.07, 6.45) is -1.36. The van der Waals surface area contributed by atoms with Crippen LogP contribution in [0.3, 0.4) is 0 Å². The average molecular weight is 478 g/mol. The van der Waals surface area contributed by atoms with Gasteiger partial charge < -0.3 is 10.6 Å². The molecule has 3 aromatic rings. The molecule has 0 spiro atoms. The number of nitrogens with zero attached hydrogens (tertiary/aromatic N) is 3. The number of aromatic nitrogens is 3. The van der Waals surface area contributed by atoms with Crippen molar-refractivity contribution in [3.63, 3.8) is 0 Å². The van der Waals surface area contributed by atoms with Gasteiger partial charge in [0.15, 0.2) is 11.5 Å². The lowest BCUT2D eigenvalue weighted by atomic mass is 10.1. The van der Waals surface area contributed by atoms with Gasteiger partial charge >= 0.3 is 6.18 Å². The Balaban J connectivity index is 1.70. The predicted molar refractivity (Wildman–Crippen MR) is 116 cm³/mol. The number of alkyl halides is 3. The molecule has 0 aliphatic heterocycles. The molecule has 1 aliphatic rings. The molecule has 33 heavy (non-hydrogen) atoms. The van der Waals surface area contributed by atoms with Crippen LogP contribution in [0.2, 0.25) is 5.02 Å². The molecule has 172 valence electrons. The smallest absolute Gasteiger partial charge is 0.352 e. The molecule has 11 heteroatoms. The van der Waals surface area contributed by atoms with Gasteiger partial charge in [0, 0.05) is 18.8 Å². The molecule has 2 aromatic heterocycles. The Morgan fingerprint density at radius 3 is 2.61 bits per heavy atom. The molecule has 1 aliphatic carbocycles. The average Bonchev–Trinajstić information content (AvgIpc) is 3.48. The molecule has 2 N–H and O–H groups in total. The summed E-state index contributed by atoms with van der Waals surface area (Å²) >= 11 is 6.09. The van der Waals surface area contributed by atoms with E-state index in [-0.39, 0.29) is 28.0 Å². The normalized spacial score (nSPS) is 13.6. The van der Waals surface area contributed by atoms with Crippen molar-refractivity contribution >= 4 is 29.1 Å². The lowest BCUT2D eigenvalue weighted by Gasteiger charge is -2.14. The number of nitrogens with one attached hydrogen (secondary N) is 2. The topological polar surface area (TPSA) is 88.9 Å². The Labute approximate surface area is 192 Å². The summed E-state index contributed by atoms with van der Waals surface area (Å²) in [7, 11) is 0. The Morgan fingerprint density at radius 2 is 1.94 bits per heavy atom. The molecule has 1 aromatic carbocycles. The van der Waals surface area contributed by atoms with Gasteiger partial charge in [0.05, 0.1) is 16.3 Å². The summed E-state index contributed by atoms with van der Waals surface area (Å²) in [5.41, 5.74) is -0.733. The molecule has 0 bridgehead atoms. The first-order chi connectivity index (χ1) is 15.6. The number of carbonyl (C=O) groups is 2. The van der Waals surface area contributed by atoms with Crippen LogP contribution < -0.4 is 10.6 Å². The third kappa shape index (κ3) is 5.00. The summed E-state index contributed by atoms with van der Waals surface area (Å²) in [6.45, 7) is 2.21. The molecule has 1 saturated carbocycles. The molecule has 2 heterocycles. The molecule has 0 atom stereocenters. The van der Waals surface area contributed by atoms with Crippen LogP contribution in [0.1, 0.15) is 44.9 Å². The number of anilines is 1. The van der Waals surface area contributed by atoms with E-state index < -0.39 is 23.5 Å². The van der Waals surface area contributed by atoms with Crippen LogP contribution in [-0.2, 0) is 6.18 Å². The number of amides is 2. The van der Waals surface area contributed by atoms with Crippen molar-refractivity contribution in [3.05, 3.63) is 70.1 Å². The van der Waals surface area contributed by atoms with Gasteiger partial charge in [-0.2, -0.15) is 18.3 Å². The molecule has 2 amide bonds. The van der Waals surface area contributed by atoms with Crippen molar-refractivity contribution in [1.82, 2.24) is 20.1 Å². The van der Waals surface area contributed by atoms with E-state index in [0.29, 0.717) is 24.1 Å². The molecule has 1 fully saturated rings. The van der Waals surface area contributed by atoms with E-state index in [9.17, 15) is 22.8 Å². The van der Waals surface area contributed by atoms with Crippen molar-refractivity contribution in [2.75, 3.05) is 11.9 Å². The Bertz CT molecular complexity index is 1220. The first-order valence-electron chi connectivity index (χ1n) is 10.1. The van der Waals surface area contributed by atoms with Gasteiger partial charge in [0.25, 0.3) is 11.8 Å². The van der Waals surface area contributed by atoms with E-state index in [4.69, 9.17) is 11.6 Å². The van der Waals surface area contributed by atoms with Gasteiger partial charge in [-0.15, -0.1) is 0 Å². The zero-order valence-corrected chi connectivity index (χ0v) is 18.2. The zero-order chi connectivity index (χ0) is 23.8. The van der Waals surface area contributed by atoms with Crippen LogP contribution in [0.15, 0.2) is 42.6 Å². The Hall–Kier alpha value is -3.40. The van der Waals surface area contributed by atoms with Gasteiger partial charge in [0.2, 0.25) is 0 Å². The minimum absolute atomic E-state index is 0.0133. The fourth-order valence-corrected chi connectivity index (χ4v) is 3.43. The lowest BCUT2D eigenvalue weighted by Crippen LogP contribution is -2.27. The third-order valence-corrected chi connectivity index (χ3v) is 5.47. The second-order valence-corrected chi connectivity index (χ2v) is 8.15. The number of halogens is 4. The van der Waals surface area contributed by atoms with E-state index in [1.54, 1.807) is 25.1 Å². The predicted octanol–water partition coefficient (Wildman–Crippen LogP) is 4.64. The zero-order valence-electron chi connectivity index (χ0n) is 17.4. The fourth-order valence-electron chi connectivity index (χ4n) is 3.23. The maximum absolute atomic E-state index is 13.4. The maximum Gasteiger partial charge on any atom is 0.435 e. The minimum Gasteiger partial charge on any atom is -0.352 e. The molecule has 0 radical (unpaired) electrons. The number of hydrogen-bond acceptors (Lipinski definition) is 4. The number of hydrogen-bond donors (Lipinski definition) is 2. The van der Waals surface area contributed by atoms with Gasteiger partial charge in [-0.1, -0.05) is 23.7 Å². The van der Waals surface area contributed by atoms with E-state index in [0.717, 1.165) is 17.5 Å². The largest absolute Gasteiger partial charge is 0.435 e. The summed E-state index contributed by atoms with van der Waals surface area (Å²) in [5.74, 6) is -0.953. The summed E-state index contributed by atoms with van der Waals surface area (Å²) in [6, 6.07) is 8.42. The van der Waals surface area contributed by atoms with Crippen molar-refractivity contribution in [1.29, 1.82) is 0 Å². The standard InChI is InChI=1S/C22H19ClF3N5O2/c1-12-4-2-5-14(20(32)28-11-13-7-8-13)18(12)29-21(33)16-10-17(22(24,25)26)30-31(16)19-15(23)6-3-9-27-19/h2-6,9-10,13H,7-8,11H2,1H3,(H,28,32)(H,29,33). The second kappa shape index (κ2) is 8.86. The lowest BCUT2D eigenvalue weighted by molar-refractivity contribution is -0.141. The van der Waals surface area contributed by atoms with E-state index in [1.165, 1.54) is 18.3 Å². The second-order valence-electron chi connectivity index (χ2n) is 7.74. The first-order valence-corrected chi connectivity index (χ1v) is 10.5. The highest BCUT2D eigenvalue weighted by atomic mass is 35.5. The highest BCUT2D eigenvalue weighted by Crippen LogP contribution is 2.31. The van der Waals surface area contributed by atoms with Gasteiger partial charge in [-0.3, -0.25) is 9.59 Å². The number of carbonyl (C=O) groups excluding carboxylic acids is 2. The summed E-state index contributed by atoms with van der Waals surface area (Å²) in [5, 5.41) is 8.93. The molecule has 0 saturated heterocycles. The van der Waals surface area contributed by atoms with Gasteiger partial charge in [0.1, 0.15) is 5.69 Å². The molecular formula is C22H19ClF3N5O2. The third-order valence-electron chi connectivity index (χ3n) is 5.18. The first kappa shape index (κ1) is 22.8. The van der Waals surface area contributed by atoms with Crippen LogP contribution in [0, 0.1) is 12.8 Å². The molecular weight excluding hydrogens is 459 g/mol. The van der Waals surface area contributed by atoms with Crippen molar-refractivity contribution in [2.45, 2.75) is 25.9 Å². The monoisotopic (exact) mass is 477 g/mol. The number of pyridine rings is 1. The van der Waals surface area contributed by atoms with Crippen molar-refractivity contribution in [2.24, 2.45) is 5.92 Å². The van der Waals surface area contributed by atoms with Crippen molar-refractivity contribution in [3.8, 4) is 5.82 Å². The van der Waals surface area contributed by atoms with E-state index >= 15 is 0 Å². The SMILES string of the molecule is Cc1cccc(C(=O)NCC2CC2)c1NC(=O)c1cc(C(F)(F)F)nn1-c1ncccc1Cl. The molecule has 4 rings (SSSR count). The van der Waals surface area contributed by atoms with Gasteiger partial charge in [-0.25, -0.2) is 9.67 Å². The highest BCUT2D eigenvalue weighted by Gasteiger charge is 2.37. The number of rotatable bonds is 6. The van der Waals surface area contributed by atoms with Crippen LogP contribution >= 0.6 is 11.6 Å². The highest BCUT2D eigenvalue weighted by molar-refractivity contribution is 6.32. The van der Waals surface area contributed by atoms with Crippen LogP contribution in [0.5, 0.6) is 0 Å². The Kier molecular flexibility index (Phi) is 6.11. The Morgan fingerprint density at radius 1 is 1.18 bits per heavy atom. The van der Waals surface area contributed by atoms with Crippen LogP contribution in [-0.4, -0.2) is 33.1 Å². The number of benzene rings is 1. The van der Waals surface area contributed by atoms with Gasteiger partial charge in [-0.05, 0) is 49.4 Å². The fraction of sp³-hybridized carbons (Fsp3) is 0.273. The number of para-hydroxylation sites is 1. The summed E-state index contributed by atoms with van der Waals surface area (Å²) in [4.78, 5) is 29.8. The van der Waals surface area contributed by atoms with Crippen LogP contribution in [0.25, 0.3) is 5.82 Å². The van der Waals surface area contributed by atoms with E-state index in [2.05, 4.69) is 20.7 Å². The summed E-state index contributed by atoms with van der Waals surface area (Å²) < 4.78 is 40.8. The van der Waals surface area contributed by atoms with Crippen molar-refractivity contribution < 1.29 is 22.8 Å². The molecule has 0 unspecified atom stereocenters.